The molecule has 4 heterocycles. The number of aryl methyl sites for hydroxylation is 1. The van der Waals surface area contributed by atoms with Crippen LogP contribution in [0.25, 0.3) is 16.7 Å². The topological polar surface area (TPSA) is 126 Å². The number of hydrogen-bond donors (Lipinski definition) is 1. The lowest BCUT2D eigenvalue weighted by atomic mass is 10.1. The number of methoxy groups -OCH3 is 1. The monoisotopic (exact) mass is 501 g/mol. The third-order valence-corrected chi connectivity index (χ3v) is 6.58. The Balaban J connectivity index is 1.39. The van der Waals surface area contributed by atoms with E-state index in [1.807, 2.05) is 32.0 Å². The number of Topliss-reactive ketones (excluding diaryl/α,β-unsaturated/α-hetero) is 1. The molecule has 190 valence electrons. The minimum atomic E-state index is -0.662. The number of aromatic nitrogens is 5. The van der Waals surface area contributed by atoms with E-state index >= 15 is 0 Å². The molecular weight excluding hydrogens is 474 g/mol. The number of carbonyl (C=O) groups is 3. The molecule has 2 amide bonds. The first kappa shape index (κ1) is 24.2. The summed E-state index contributed by atoms with van der Waals surface area (Å²) in [6.07, 6.45) is 5.21. The summed E-state index contributed by atoms with van der Waals surface area (Å²) in [4.78, 5) is 54.6. The van der Waals surface area contributed by atoms with Gasteiger partial charge in [0.1, 0.15) is 12.1 Å². The summed E-state index contributed by atoms with van der Waals surface area (Å²) in [7, 11) is 1.48. The van der Waals surface area contributed by atoms with E-state index in [4.69, 9.17) is 4.74 Å². The molecule has 0 aliphatic carbocycles. The van der Waals surface area contributed by atoms with Crippen molar-refractivity contribution >= 4 is 28.5 Å². The number of pyridine rings is 1. The molecule has 0 saturated carbocycles. The zero-order valence-corrected chi connectivity index (χ0v) is 20.8. The third kappa shape index (κ3) is 4.32. The van der Waals surface area contributed by atoms with Crippen LogP contribution >= 0.6 is 0 Å². The summed E-state index contributed by atoms with van der Waals surface area (Å²) < 4.78 is 7.00. The number of rotatable bonds is 6. The second kappa shape index (κ2) is 9.84. The number of nitrogens with zero attached hydrogens (tertiary/aromatic N) is 6. The van der Waals surface area contributed by atoms with Crippen LogP contribution in [-0.2, 0) is 11.2 Å². The van der Waals surface area contributed by atoms with Gasteiger partial charge in [-0.2, -0.15) is 0 Å². The van der Waals surface area contributed by atoms with Gasteiger partial charge in [0.05, 0.1) is 29.8 Å². The van der Waals surface area contributed by atoms with Crippen LogP contribution in [0.15, 0.2) is 49.1 Å². The van der Waals surface area contributed by atoms with Crippen molar-refractivity contribution in [3.05, 3.63) is 66.0 Å². The number of aromatic amines is 1. The highest BCUT2D eigenvalue weighted by molar-refractivity contribution is 6.45. The SMILES string of the molecule is CCc1ncn(-c2ncc(OC)c3c(C(=O)C(=O)N4CCN(C(=O)c5ccccc5)[C@H](C)C4)c[nH]c23)n1. The summed E-state index contributed by atoms with van der Waals surface area (Å²) in [5.74, 6) is 0.0726. The highest BCUT2D eigenvalue weighted by Crippen LogP contribution is 2.32. The fourth-order valence-electron chi connectivity index (χ4n) is 4.62. The standard InChI is InChI=1S/C26H27N7O4/c1-4-20-29-15-33(30-20)24-22-21(19(37-3)13-28-24)18(12-27-22)23(34)26(36)31-10-11-32(16(2)14-31)25(35)17-8-6-5-7-9-17/h5-9,12-13,15-16,27H,4,10-11,14H2,1-3H3/t16-/m1/s1. The fourth-order valence-corrected chi connectivity index (χ4v) is 4.62. The van der Waals surface area contributed by atoms with Crippen LogP contribution in [0.1, 0.15) is 40.4 Å². The van der Waals surface area contributed by atoms with Crippen molar-refractivity contribution in [1.82, 2.24) is 34.5 Å². The van der Waals surface area contributed by atoms with Crippen LogP contribution in [0.3, 0.4) is 0 Å². The normalized spacial score (nSPS) is 15.7. The van der Waals surface area contributed by atoms with Gasteiger partial charge >= 0.3 is 0 Å². The number of ether oxygens (including phenoxy) is 1. The van der Waals surface area contributed by atoms with Crippen LogP contribution in [0.2, 0.25) is 0 Å². The van der Waals surface area contributed by atoms with E-state index in [9.17, 15) is 14.4 Å². The molecule has 0 radical (unpaired) electrons. The Labute approximate surface area is 213 Å². The molecule has 3 aromatic heterocycles. The Morgan fingerprint density at radius 2 is 1.92 bits per heavy atom. The number of nitrogens with one attached hydrogen (secondary N) is 1. The van der Waals surface area contributed by atoms with Gasteiger partial charge < -0.3 is 19.5 Å². The summed E-state index contributed by atoms with van der Waals surface area (Å²) in [5.41, 5.74) is 1.29. The zero-order chi connectivity index (χ0) is 26.1. The minimum absolute atomic E-state index is 0.0905. The summed E-state index contributed by atoms with van der Waals surface area (Å²) >= 11 is 0. The van der Waals surface area contributed by atoms with Crippen molar-refractivity contribution in [1.29, 1.82) is 0 Å². The van der Waals surface area contributed by atoms with E-state index in [1.165, 1.54) is 29.1 Å². The van der Waals surface area contributed by atoms with E-state index < -0.39 is 11.7 Å². The van der Waals surface area contributed by atoms with Crippen LogP contribution in [0.5, 0.6) is 5.75 Å². The average molecular weight is 502 g/mol. The number of benzene rings is 1. The second-order valence-electron chi connectivity index (χ2n) is 8.86. The van der Waals surface area contributed by atoms with Gasteiger partial charge in [0, 0.05) is 43.9 Å². The number of H-pyrrole nitrogens is 1. The number of carbonyl (C=O) groups excluding carboxylic acids is 3. The maximum atomic E-state index is 13.4. The summed E-state index contributed by atoms with van der Waals surface area (Å²) in [5, 5.41) is 4.86. The van der Waals surface area contributed by atoms with E-state index in [1.54, 1.807) is 23.4 Å². The van der Waals surface area contributed by atoms with E-state index in [2.05, 4.69) is 20.1 Å². The first-order valence-electron chi connectivity index (χ1n) is 12.1. The van der Waals surface area contributed by atoms with Gasteiger partial charge in [-0.1, -0.05) is 25.1 Å². The molecule has 1 saturated heterocycles. The van der Waals surface area contributed by atoms with Crippen LogP contribution in [-0.4, -0.2) is 84.9 Å². The Morgan fingerprint density at radius 1 is 1.14 bits per heavy atom. The van der Waals surface area contributed by atoms with Crippen LogP contribution in [0, 0.1) is 0 Å². The molecule has 11 nitrogen and oxygen atoms in total. The molecule has 0 bridgehead atoms. The predicted octanol–water partition coefficient (Wildman–Crippen LogP) is 2.27. The van der Waals surface area contributed by atoms with Crippen LogP contribution in [0.4, 0.5) is 0 Å². The van der Waals surface area contributed by atoms with Crippen molar-refractivity contribution in [2.75, 3.05) is 26.7 Å². The quantitative estimate of drug-likeness (QED) is 0.317. The van der Waals surface area contributed by atoms with Gasteiger partial charge in [-0.3, -0.25) is 14.4 Å². The zero-order valence-electron chi connectivity index (χ0n) is 20.8. The minimum Gasteiger partial charge on any atom is -0.494 e. The van der Waals surface area contributed by atoms with Crippen molar-refractivity contribution in [2.45, 2.75) is 26.3 Å². The van der Waals surface area contributed by atoms with E-state index in [0.29, 0.717) is 46.8 Å². The van der Waals surface area contributed by atoms with Gasteiger partial charge in [0.2, 0.25) is 0 Å². The third-order valence-electron chi connectivity index (χ3n) is 6.58. The maximum absolute atomic E-state index is 13.4. The largest absolute Gasteiger partial charge is 0.494 e. The molecule has 1 aliphatic heterocycles. The molecule has 1 aliphatic rings. The molecule has 0 spiro atoms. The molecule has 0 unspecified atom stereocenters. The van der Waals surface area contributed by atoms with Gasteiger partial charge in [0.15, 0.2) is 11.6 Å². The van der Waals surface area contributed by atoms with Crippen molar-refractivity contribution in [3.8, 4) is 11.6 Å². The van der Waals surface area contributed by atoms with Crippen molar-refractivity contribution < 1.29 is 19.1 Å². The van der Waals surface area contributed by atoms with Gasteiger partial charge in [-0.05, 0) is 19.1 Å². The van der Waals surface area contributed by atoms with Crippen LogP contribution < -0.4 is 4.74 Å². The molecular formula is C26H27N7O4. The van der Waals surface area contributed by atoms with Gasteiger partial charge in [0.25, 0.3) is 17.6 Å². The molecule has 11 heteroatoms. The van der Waals surface area contributed by atoms with Crippen molar-refractivity contribution in [2.24, 2.45) is 0 Å². The molecule has 1 atom stereocenters. The molecule has 5 rings (SSSR count). The smallest absolute Gasteiger partial charge is 0.295 e. The average Bonchev–Trinajstić information content (AvgIpc) is 3.60. The molecule has 1 N–H and O–H groups in total. The highest BCUT2D eigenvalue weighted by Gasteiger charge is 2.34. The fraction of sp³-hybridized carbons (Fsp3) is 0.308. The lowest BCUT2D eigenvalue weighted by Gasteiger charge is -2.39. The Kier molecular flexibility index (Phi) is 6.43. The Bertz CT molecular complexity index is 1480. The van der Waals surface area contributed by atoms with E-state index in [-0.39, 0.29) is 30.6 Å². The molecule has 1 fully saturated rings. The maximum Gasteiger partial charge on any atom is 0.295 e. The van der Waals surface area contributed by atoms with Gasteiger partial charge in [-0.15, -0.1) is 5.10 Å². The van der Waals surface area contributed by atoms with E-state index in [0.717, 1.165) is 0 Å². The predicted molar refractivity (Wildman–Crippen MR) is 135 cm³/mol. The number of fused-ring (bicyclic) bond motifs is 1. The summed E-state index contributed by atoms with van der Waals surface area (Å²) in [6.45, 7) is 4.68. The molecule has 1 aromatic carbocycles. The first-order chi connectivity index (χ1) is 17.9. The number of amides is 2. The molecule has 37 heavy (non-hydrogen) atoms. The number of hydrogen-bond acceptors (Lipinski definition) is 7. The Morgan fingerprint density at radius 3 is 2.59 bits per heavy atom. The molecule has 4 aromatic rings. The summed E-state index contributed by atoms with van der Waals surface area (Å²) in [6, 6.07) is 8.79. The number of ketones is 1. The lowest BCUT2D eigenvalue weighted by molar-refractivity contribution is -0.128. The highest BCUT2D eigenvalue weighted by atomic mass is 16.5. The number of piperazine rings is 1. The Hall–Kier alpha value is -4.54. The first-order valence-corrected chi connectivity index (χ1v) is 12.1. The van der Waals surface area contributed by atoms with Gasteiger partial charge in [-0.25, -0.2) is 14.6 Å². The second-order valence-corrected chi connectivity index (χ2v) is 8.86. The van der Waals surface area contributed by atoms with Crippen molar-refractivity contribution in [3.63, 3.8) is 0 Å². The lowest BCUT2D eigenvalue weighted by Crippen LogP contribution is -2.56.